The van der Waals surface area contributed by atoms with Crippen LogP contribution in [-0.4, -0.2) is 4.98 Å². The fourth-order valence-corrected chi connectivity index (χ4v) is 3.91. The molecule has 0 unspecified atom stereocenters. The molecule has 5 rings (SSSR count). The lowest BCUT2D eigenvalue weighted by molar-refractivity contribution is 1.42. The van der Waals surface area contributed by atoms with Gasteiger partial charge in [0.05, 0.1) is 11.2 Å². The third kappa shape index (κ3) is 2.33. The molecule has 0 N–H and O–H groups in total. The van der Waals surface area contributed by atoms with Crippen LogP contribution in [0, 0.1) is 0 Å². The fourth-order valence-electron chi connectivity index (χ4n) is 3.56. The lowest BCUT2D eigenvalue weighted by Crippen LogP contribution is -1.90. The van der Waals surface area contributed by atoms with Crippen LogP contribution < -0.4 is 0 Å². The van der Waals surface area contributed by atoms with E-state index >= 15 is 0 Å². The minimum atomic E-state index is 1.01. The number of nitrogens with zero attached hydrogens (tertiary/aromatic N) is 1. The maximum absolute atomic E-state index is 5.01. The van der Waals surface area contributed by atoms with Gasteiger partial charge in [-0.25, -0.2) is 4.98 Å². The average Bonchev–Trinajstić information content (AvgIpc) is 2.67. The molecule has 0 aliphatic heterocycles. The van der Waals surface area contributed by atoms with E-state index in [0.717, 1.165) is 21.2 Å². The third-order valence-corrected chi connectivity index (χ3v) is 5.19. The molecule has 0 amide bonds. The number of aromatic nitrogens is 1. The van der Waals surface area contributed by atoms with E-state index in [2.05, 4.69) is 94.8 Å². The Kier molecular flexibility index (Phi) is 3.32. The van der Waals surface area contributed by atoms with E-state index in [-0.39, 0.29) is 0 Å². The summed E-state index contributed by atoms with van der Waals surface area (Å²) in [5, 5.41) is 6.18. The van der Waals surface area contributed by atoms with Crippen molar-refractivity contribution in [3.63, 3.8) is 0 Å². The fraction of sp³-hybridized carbons (Fsp3) is 0. The number of rotatable bonds is 1. The molecule has 0 aliphatic rings. The maximum atomic E-state index is 5.01. The standard InChI is InChI=1S/C23H14BrN/c24-17-11-13-19-21(14-17)25-23(16-7-2-1-3-8-16)20-12-10-15-6-4-5-9-18(15)22(19)20/h1-14H. The van der Waals surface area contributed by atoms with Gasteiger partial charge in [0, 0.05) is 26.2 Å². The summed E-state index contributed by atoms with van der Waals surface area (Å²) < 4.78 is 1.05. The molecule has 0 atom stereocenters. The quantitative estimate of drug-likeness (QED) is 0.284. The zero-order valence-electron chi connectivity index (χ0n) is 13.4. The summed E-state index contributed by atoms with van der Waals surface area (Å²) in [4.78, 5) is 5.01. The molecule has 5 aromatic rings. The number of pyridine rings is 1. The van der Waals surface area contributed by atoms with E-state index in [0.29, 0.717) is 0 Å². The second kappa shape index (κ2) is 5.68. The van der Waals surface area contributed by atoms with Crippen molar-refractivity contribution in [1.82, 2.24) is 4.98 Å². The first-order chi connectivity index (χ1) is 12.3. The van der Waals surface area contributed by atoms with E-state index in [4.69, 9.17) is 4.98 Å². The topological polar surface area (TPSA) is 12.9 Å². The predicted octanol–water partition coefficient (Wildman–Crippen LogP) is 6.97. The summed E-state index contributed by atoms with van der Waals surface area (Å²) in [6.45, 7) is 0. The van der Waals surface area contributed by atoms with Gasteiger partial charge in [0.1, 0.15) is 0 Å². The van der Waals surface area contributed by atoms with Gasteiger partial charge in [0.25, 0.3) is 0 Å². The number of hydrogen-bond acceptors (Lipinski definition) is 1. The predicted molar refractivity (Wildman–Crippen MR) is 110 cm³/mol. The Labute approximate surface area is 154 Å². The molecule has 0 saturated carbocycles. The Bertz CT molecular complexity index is 1240. The van der Waals surface area contributed by atoms with E-state index in [1.54, 1.807) is 0 Å². The lowest BCUT2D eigenvalue weighted by atomic mass is 9.95. The summed E-state index contributed by atoms with van der Waals surface area (Å²) in [7, 11) is 0. The van der Waals surface area contributed by atoms with E-state index in [1.807, 2.05) is 6.07 Å². The molecule has 0 saturated heterocycles. The van der Waals surface area contributed by atoms with Crippen LogP contribution >= 0.6 is 15.9 Å². The van der Waals surface area contributed by atoms with Crippen molar-refractivity contribution in [2.45, 2.75) is 0 Å². The van der Waals surface area contributed by atoms with Crippen molar-refractivity contribution >= 4 is 48.4 Å². The van der Waals surface area contributed by atoms with Crippen LogP contribution in [0.2, 0.25) is 0 Å². The van der Waals surface area contributed by atoms with Crippen molar-refractivity contribution < 1.29 is 0 Å². The van der Waals surface area contributed by atoms with Gasteiger partial charge < -0.3 is 0 Å². The molecule has 4 aromatic carbocycles. The Morgan fingerprint density at radius 2 is 1.40 bits per heavy atom. The SMILES string of the molecule is Brc1ccc2c(c1)nc(-c1ccccc1)c1ccc3ccccc3c12. The Morgan fingerprint density at radius 1 is 0.640 bits per heavy atom. The summed E-state index contributed by atoms with van der Waals surface area (Å²) in [6.07, 6.45) is 0. The van der Waals surface area contributed by atoms with Gasteiger partial charge in [-0.05, 0) is 22.9 Å². The van der Waals surface area contributed by atoms with Crippen LogP contribution in [0.1, 0.15) is 0 Å². The van der Waals surface area contributed by atoms with Crippen LogP contribution in [0.4, 0.5) is 0 Å². The first-order valence-electron chi connectivity index (χ1n) is 8.27. The van der Waals surface area contributed by atoms with E-state index < -0.39 is 0 Å². The van der Waals surface area contributed by atoms with E-state index in [1.165, 1.54) is 26.9 Å². The normalized spacial score (nSPS) is 11.4. The summed E-state index contributed by atoms with van der Waals surface area (Å²) in [5.74, 6) is 0. The molecule has 1 nitrogen and oxygen atoms in total. The number of benzene rings is 4. The van der Waals surface area contributed by atoms with Crippen LogP contribution in [-0.2, 0) is 0 Å². The Hall–Kier alpha value is -2.71. The van der Waals surface area contributed by atoms with Gasteiger partial charge in [0.2, 0.25) is 0 Å². The second-order valence-electron chi connectivity index (χ2n) is 6.20. The number of hydrogen-bond donors (Lipinski definition) is 0. The molecule has 0 aliphatic carbocycles. The molecule has 1 aromatic heterocycles. The monoisotopic (exact) mass is 383 g/mol. The first kappa shape index (κ1) is 14.6. The smallest absolute Gasteiger partial charge is 0.0788 e. The molecular formula is C23H14BrN. The van der Waals surface area contributed by atoms with E-state index in [9.17, 15) is 0 Å². The molecule has 25 heavy (non-hydrogen) atoms. The zero-order chi connectivity index (χ0) is 16.8. The summed E-state index contributed by atoms with van der Waals surface area (Å²) in [5.41, 5.74) is 3.19. The molecule has 0 spiro atoms. The highest BCUT2D eigenvalue weighted by molar-refractivity contribution is 9.10. The van der Waals surface area contributed by atoms with Crippen molar-refractivity contribution in [3.05, 3.63) is 89.4 Å². The van der Waals surface area contributed by atoms with Gasteiger partial charge in [-0.1, -0.05) is 88.7 Å². The van der Waals surface area contributed by atoms with Crippen LogP contribution in [0.5, 0.6) is 0 Å². The highest BCUT2D eigenvalue weighted by Gasteiger charge is 2.12. The highest BCUT2D eigenvalue weighted by atomic mass is 79.9. The van der Waals surface area contributed by atoms with Crippen molar-refractivity contribution in [2.75, 3.05) is 0 Å². The lowest BCUT2D eigenvalue weighted by Gasteiger charge is -2.13. The number of fused-ring (bicyclic) bond motifs is 5. The Balaban J connectivity index is 2.05. The molecule has 118 valence electrons. The third-order valence-electron chi connectivity index (χ3n) is 4.69. The van der Waals surface area contributed by atoms with Gasteiger partial charge in [-0.2, -0.15) is 0 Å². The Morgan fingerprint density at radius 3 is 2.28 bits per heavy atom. The average molecular weight is 384 g/mol. The van der Waals surface area contributed by atoms with Crippen LogP contribution in [0.15, 0.2) is 89.4 Å². The van der Waals surface area contributed by atoms with Gasteiger partial charge in [-0.3, -0.25) is 0 Å². The van der Waals surface area contributed by atoms with Crippen LogP contribution in [0.25, 0.3) is 43.7 Å². The first-order valence-corrected chi connectivity index (χ1v) is 9.07. The minimum Gasteiger partial charge on any atom is -0.247 e. The molecule has 0 radical (unpaired) electrons. The van der Waals surface area contributed by atoms with Crippen molar-refractivity contribution in [3.8, 4) is 11.3 Å². The van der Waals surface area contributed by atoms with Gasteiger partial charge in [0.15, 0.2) is 0 Å². The minimum absolute atomic E-state index is 1.01. The van der Waals surface area contributed by atoms with Crippen molar-refractivity contribution in [2.24, 2.45) is 0 Å². The highest BCUT2D eigenvalue weighted by Crippen LogP contribution is 2.37. The molecule has 0 fully saturated rings. The maximum Gasteiger partial charge on any atom is 0.0788 e. The van der Waals surface area contributed by atoms with Crippen molar-refractivity contribution in [1.29, 1.82) is 0 Å². The zero-order valence-corrected chi connectivity index (χ0v) is 15.0. The molecular weight excluding hydrogens is 370 g/mol. The summed E-state index contributed by atoms with van der Waals surface area (Å²) >= 11 is 3.59. The molecule has 0 bridgehead atoms. The largest absolute Gasteiger partial charge is 0.247 e. The van der Waals surface area contributed by atoms with Gasteiger partial charge in [-0.15, -0.1) is 0 Å². The summed E-state index contributed by atoms with van der Waals surface area (Å²) in [6, 6.07) is 29.7. The molecule has 2 heteroatoms. The van der Waals surface area contributed by atoms with Gasteiger partial charge >= 0.3 is 0 Å². The van der Waals surface area contributed by atoms with Crippen LogP contribution in [0.3, 0.4) is 0 Å². The number of halogens is 1. The second-order valence-corrected chi connectivity index (χ2v) is 7.11. The molecule has 1 heterocycles.